The highest BCUT2D eigenvalue weighted by molar-refractivity contribution is 6.38. The van der Waals surface area contributed by atoms with Gasteiger partial charge in [-0.15, -0.1) is 0 Å². The van der Waals surface area contributed by atoms with Crippen molar-refractivity contribution >= 4 is 40.6 Å². The van der Waals surface area contributed by atoms with Gasteiger partial charge in [-0.2, -0.15) is 0 Å². The minimum atomic E-state index is -0.727. The Labute approximate surface area is 194 Å². The molecule has 0 aliphatic rings. The van der Waals surface area contributed by atoms with E-state index in [0.717, 1.165) is 16.7 Å². The zero-order valence-corrected chi connectivity index (χ0v) is 19.0. The predicted molar refractivity (Wildman–Crippen MR) is 125 cm³/mol. The Morgan fingerprint density at radius 2 is 1.91 bits per heavy atom. The predicted octanol–water partition coefficient (Wildman–Crippen LogP) is 3.28. The molecule has 1 amide bonds. The van der Waals surface area contributed by atoms with Gasteiger partial charge in [-0.05, 0) is 25.1 Å². The first kappa shape index (κ1) is 23.5. The molecule has 0 unspecified atom stereocenters. The number of anilines is 2. The highest BCUT2D eigenvalue weighted by atomic mass is 35.5. The number of hydrogen-bond donors (Lipinski definition) is 3. The summed E-state index contributed by atoms with van der Waals surface area (Å²) in [7, 11) is 0. The van der Waals surface area contributed by atoms with Gasteiger partial charge < -0.3 is 21.1 Å². The first-order valence-electron chi connectivity index (χ1n) is 9.81. The Hall–Kier alpha value is -3.14. The largest absolute Gasteiger partial charge is 0.494 e. The summed E-state index contributed by atoms with van der Waals surface area (Å²) < 4.78 is 6.48. The second-order valence-electron chi connectivity index (χ2n) is 6.66. The number of ether oxygens (including phenoxy) is 1. The van der Waals surface area contributed by atoms with E-state index < -0.39 is 11.5 Å². The van der Waals surface area contributed by atoms with Crippen LogP contribution in [0.4, 0.5) is 11.5 Å². The first-order chi connectivity index (χ1) is 15.3. The van der Waals surface area contributed by atoms with Gasteiger partial charge >= 0.3 is 0 Å². The van der Waals surface area contributed by atoms with Gasteiger partial charge in [0.1, 0.15) is 23.5 Å². The standard InChI is InChI=1S/C21H22Cl2N6O3/c1-3-25-8-12-5-13(10-26-9-12)28-20(30)17-19(24)27-11-29(21(17)31)18-15(22)6-14(32-4-2)7-16(18)23/h5-7,9-11,25H,3-4,8,24H2,1-2H3,(H,28,30). The lowest BCUT2D eigenvalue weighted by Gasteiger charge is -2.14. The fourth-order valence-electron chi connectivity index (χ4n) is 2.98. The lowest BCUT2D eigenvalue weighted by atomic mass is 10.2. The molecule has 0 aliphatic heterocycles. The lowest BCUT2D eigenvalue weighted by Crippen LogP contribution is -2.31. The molecule has 0 bridgehead atoms. The number of rotatable bonds is 8. The van der Waals surface area contributed by atoms with Crippen LogP contribution < -0.4 is 26.7 Å². The van der Waals surface area contributed by atoms with Gasteiger partial charge in [-0.3, -0.25) is 19.1 Å². The minimum absolute atomic E-state index is 0.154. The van der Waals surface area contributed by atoms with Crippen molar-refractivity contribution in [2.24, 2.45) is 0 Å². The number of nitrogens with one attached hydrogen (secondary N) is 2. The van der Waals surface area contributed by atoms with Crippen LogP contribution in [0.2, 0.25) is 10.0 Å². The number of nitrogens with zero attached hydrogens (tertiary/aromatic N) is 3. The number of nitrogens with two attached hydrogens (primary N) is 1. The van der Waals surface area contributed by atoms with Crippen molar-refractivity contribution in [1.82, 2.24) is 19.9 Å². The van der Waals surface area contributed by atoms with Gasteiger partial charge in [-0.1, -0.05) is 30.1 Å². The molecule has 3 rings (SSSR count). The van der Waals surface area contributed by atoms with E-state index in [4.69, 9.17) is 33.7 Å². The molecule has 2 aromatic heterocycles. The van der Waals surface area contributed by atoms with Gasteiger partial charge in [0.25, 0.3) is 11.5 Å². The molecule has 0 atom stereocenters. The number of carbonyl (C=O) groups excluding carboxylic acids is 1. The number of carbonyl (C=O) groups is 1. The summed E-state index contributed by atoms with van der Waals surface area (Å²) in [6, 6.07) is 4.80. The summed E-state index contributed by atoms with van der Waals surface area (Å²) in [5.74, 6) is -0.501. The smallest absolute Gasteiger partial charge is 0.273 e. The zero-order chi connectivity index (χ0) is 23.3. The van der Waals surface area contributed by atoms with Crippen molar-refractivity contribution in [1.29, 1.82) is 0 Å². The fraction of sp³-hybridized carbons (Fsp3) is 0.238. The third-order valence-corrected chi connectivity index (χ3v) is 4.98. The average molecular weight is 477 g/mol. The fourth-order valence-corrected chi connectivity index (χ4v) is 3.63. The quantitative estimate of drug-likeness (QED) is 0.455. The molecule has 0 spiro atoms. The van der Waals surface area contributed by atoms with Crippen LogP contribution in [0.15, 0.2) is 41.7 Å². The summed E-state index contributed by atoms with van der Waals surface area (Å²) in [4.78, 5) is 34.1. The molecule has 0 fully saturated rings. The SMILES string of the molecule is CCNCc1cncc(NC(=O)c2c(N)ncn(-c3c(Cl)cc(OCC)cc3Cl)c2=O)c1. The highest BCUT2D eigenvalue weighted by Crippen LogP contribution is 2.32. The summed E-state index contributed by atoms with van der Waals surface area (Å²) in [6.45, 7) is 5.60. The lowest BCUT2D eigenvalue weighted by molar-refractivity contribution is 0.102. The van der Waals surface area contributed by atoms with Crippen LogP contribution in [0, 0.1) is 0 Å². The Morgan fingerprint density at radius 1 is 1.19 bits per heavy atom. The van der Waals surface area contributed by atoms with E-state index in [9.17, 15) is 9.59 Å². The van der Waals surface area contributed by atoms with Gasteiger partial charge in [0, 0.05) is 24.9 Å². The molecule has 0 aliphatic carbocycles. The third-order valence-electron chi connectivity index (χ3n) is 4.40. The normalized spacial score (nSPS) is 10.8. The van der Waals surface area contributed by atoms with Crippen LogP contribution in [-0.2, 0) is 6.54 Å². The summed E-state index contributed by atoms with van der Waals surface area (Å²) >= 11 is 12.7. The van der Waals surface area contributed by atoms with Crippen LogP contribution >= 0.6 is 23.2 Å². The average Bonchev–Trinajstić information content (AvgIpc) is 2.74. The number of halogens is 2. The van der Waals surface area contributed by atoms with Crippen LogP contribution in [-0.4, -0.2) is 33.6 Å². The molecule has 1 aromatic carbocycles. The molecule has 11 heteroatoms. The van der Waals surface area contributed by atoms with E-state index in [1.165, 1.54) is 24.7 Å². The van der Waals surface area contributed by atoms with E-state index in [2.05, 4.69) is 20.6 Å². The molecular weight excluding hydrogens is 455 g/mol. The molecule has 4 N–H and O–H groups in total. The molecule has 3 aromatic rings. The Balaban J connectivity index is 1.97. The number of amides is 1. The third kappa shape index (κ3) is 5.18. The van der Waals surface area contributed by atoms with Gasteiger partial charge in [0.15, 0.2) is 0 Å². The number of benzene rings is 1. The molecular formula is C21H22Cl2N6O3. The Kier molecular flexibility index (Phi) is 7.68. The van der Waals surface area contributed by atoms with Crippen molar-refractivity contribution in [3.8, 4) is 11.4 Å². The Morgan fingerprint density at radius 3 is 2.56 bits per heavy atom. The maximum Gasteiger partial charge on any atom is 0.273 e. The molecule has 0 saturated heterocycles. The van der Waals surface area contributed by atoms with Crippen molar-refractivity contribution < 1.29 is 9.53 Å². The molecule has 0 saturated carbocycles. The monoisotopic (exact) mass is 476 g/mol. The second-order valence-corrected chi connectivity index (χ2v) is 7.48. The first-order valence-corrected chi connectivity index (χ1v) is 10.6. The Bertz CT molecular complexity index is 1180. The maximum atomic E-state index is 13.2. The molecule has 0 radical (unpaired) electrons. The van der Waals surface area contributed by atoms with E-state index in [-0.39, 0.29) is 27.1 Å². The van der Waals surface area contributed by atoms with Crippen LogP contribution in [0.3, 0.4) is 0 Å². The van der Waals surface area contributed by atoms with Crippen LogP contribution in [0.5, 0.6) is 5.75 Å². The van der Waals surface area contributed by atoms with Crippen LogP contribution in [0.1, 0.15) is 29.8 Å². The molecule has 32 heavy (non-hydrogen) atoms. The molecule has 9 nitrogen and oxygen atoms in total. The van der Waals surface area contributed by atoms with Gasteiger partial charge in [-0.25, -0.2) is 4.98 Å². The van der Waals surface area contributed by atoms with Crippen molar-refractivity contribution in [3.63, 3.8) is 0 Å². The maximum absolute atomic E-state index is 13.2. The van der Waals surface area contributed by atoms with Gasteiger partial charge in [0.05, 0.1) is 34.2 Å². The van der Waals surface area contributed by atoms with Crippen molar-refractivity contribution in [2.45, 2.75) is 20.4 Å². The van der Waals surface area contributed by atoms with E-state index in [1.807, 2.05) is 13.8 Å². The second kappa shape index (κ2) is 10.4. The molecule has 168 valence electrons. The molecule has 2 heterocycles. The number of nitrogen functional groups attached to an aromatic ring is 1. The van der Waals surface area contributed by atoms with E-state index in [1.54, 1.807) is 12.3 Å². The topological polar surface area (TPSA) is 124 Å². The summed E-state index contributed by atoms with van der Waals surface area (Å²) in [5, 5.41) is 6.12. The number of pyridine rings is 1. The highest BCUT2D eigenvalue weighted by Gasteiger charge is 2.21. The van der Waals surface area contributed by atoms with E-state index in [0.29, 0.717) is 24.6 Å². The zero-order valence-electron chi connectivity index (χ0n) is 17.5. The van der Waals surface area contributed by atoms with E-state index >= 15 is 0 Å². The van der Waals surface area contributed by atoms with Crippen molar-refractivity contribution in [3.05, 3.63) is 68.4 Å². The summed E-state index contributed by atoms with van der Waals surface area (Å²) in [5.41, 5.74) is 6.24. The van der Waals surface area contributed by atoms with Crippen LogP contribution in [0.25, 0.3) is 5.69 Å². The number of aromatic nitrogens is 3. The number of hydrogen-bond acceptors (Lipinski definition) is 7. The summed E-state index contributed by atoms with van der Waals surface area (Å²) in [6.07, 6.45) is 4.32. The minimum Gasteiger partial charge on any atom is -0.494 e. The van der Waals surface area contributed by atoms with Crippen molar-refractivity contribution in [2.75, 3.05) is 24.2 Å². The van der Waals surface area contributed by atoms with Gasteiger partial charge in [0.2, 0.25) is 0 Å².